The molecule has 5 heteroatoms. The van der Waals surface area contributed by atoms with Gasteiger partial charge in [0.1, 0.15) is 0 Å². The summed E-state index contributed by atoms with van der Waals surface area (Å²) in [7, 11) is 1.45. The van der Waals surface area contributed by atoms with Gasteiger partial charge in [-0.25, -0.2) is 0 Å². The smallest absolute Gasteiger partial charge is 0.311 e. The molecule has 2 unspecified atom stereocenters. The number of hydrogen-bond acceptors (Lipinski definition) is 4. The molecule has 0 amide bonds. The summed E-state index contributed by atoms with van der Waals surface area (Å²) < 4.78 is 5.08. The maximum absolute atomic E-state index is 10.8. The molecule has 1 aromatic rings. The molecule has 1 fully saturated rings. The van der Waals surface area contributed by atoms with E-state index in [1.807, 2.05) is 0 Å². The average Bonchev–Trinajstić information content (AvgIpc) is 2.41. The fourth-order valence-corrected chi connectivity index (χ4v) is 2.66. The monoisotopic (exact) mass is 264 g/mol. The molecule has 1 aliphatic carbocycles. The highest BCUT2D eigenvalue weighted by Crippen LogP contribution is 2.32. The Morgan fingerprint density at radius 3 is 2.74 bits per heavy atom. The van der Waals surface area contributed by atoms with Crippen LogP contribution in [-0.2, 0) is 0 Å². The molecule has 0 radical (unpaired) electrons. The molecule has 2 rings (SSSR count). The number of nitrogens with one attached hydrogen (secondary N) is 1. The lowest BCUT2D eigenvalue weighted by atomic mass is 9.86. The zero-order valence-corrected chi connectivity index (χ0v) is 11.4. The maximum Gasteiger partial charge on any atom is 0.311 e. The van der Waals surface area contributed by atoms with E-state index in [2.05, 4.69) is 12.2 Å². The van der Waals surface area contributed by atoms with Crippen LogP contribution in [0.3, 0.4) is 0 Å². The summed E-state index contributed by atoms with van der Waals surface area (Å²) in [5.74, 6) is 0.938. The number of ether oxygens (including phenoxy) is 1. The Labute approximate surface area is 113 Å². The van der Waals surface area contributed by atoms with E-state index in [1.54, 1.807) is 12.1 Å². The minimum absolute atomic E-state index is 0.00439. The Bertz CT molecular complexity index is 462. The molecule has 1 aromatic carbocycles. The predicted octanol–water partition coefficient (Wildman–Crippen LogP) is 3.59. The molecule has 5 nitrogen and oxygen atoms in total. The van der Waals surface area contributed by atoms with Gasteiger partial charge in [0.2, 0.25) is 0 Å². The van der Waals surface area contributed by atoms with Gasteiger partial charge in [-0.3, -0.25) is 10.1 Å². The van der Waals surface area contributed by atoms with E-state index in [9.17, 15) is 10.1 Å². The Morgan fingerprint density at radius 1 is 1.37 bits per heavy atom. The number of nitrogens with zero attached hydrogens (tertiary/aromatic N) is 1. The van der Waals surface area contributed by atoms with Crippen LogP contribution in [0.25, 0.3) is 0 Å². The normalized spacial score (nSPS) is 22.8. The Hall–Kier alpha value is -1.78. The van der Waals surface area contributed by atoms with Crippen LogP contribution in [0.2, 0.25) is 0 Å². The molecule has 0 bridgehead atoms. The quantitative estimate of drug-likeness (QED) is 0.666. The van der Waals surface area contributed by atoms with Crippen molar-refractivity contribution in [3.63, 3.8) is 0 Å². The minimum atomic E-state index is -0.425. The van der Waals surface area contributed by atoms with Crippen molar-refractivity contribution in [2.45, 2.75) is 38.6 Å². The lowest BCUT2D eigenvalue weighted by Crippen LogP contribution is -2.30. The van der Waals surface area contributed by atoms with Gasteiger partial charge in [-0.15, -0.1) is 0 Å². The van der Waals surface area contributed by atoms with Crippen LogP contribution in [0, 0.1) is 16.0 Å². The second-order valence-corrected chi connectivity index (χ2v) is 5.16. The molecule has 0 aliphatic heterocycles. The first-order valence-corrected chi connectivity index (χ1v) is 6.71. The highest BCUT2D eigenvalue weighted by atomic mass is 16.6. The van der Waals surface area contributed by atoms with Crippen molar-refractivity contribution < 1.29 is 9.66 Å². The number of anilines is 1. The molecule has 2 atom stereocenters. The number of nitro groups is 1. The first kappa shape index (κ1) is 13.6. The van der Waals surface area contributed by atoms with E-state index < -0.39 is 4.92 Å². The van der Waals surface area contributed by atoms with Gasteiger partial charge in [-0.1, -0.05) is 19.8 Å². The van der Waals surface area contributed by atoms with Crippen LogP contribution in [0.15, 0.2) is 18.2 Å². The van der Waals surface area contributed by atoms with Crippen molar-refractivity contribution in [3.8, 4) is 5.75 Å². The van der Waals surface area contributed by atoms with Crippen LogP contribution >= 0.6 is 0 Å². The number of hydrogen-bond donors (Lipinski definition) is 1. The molecular formula is C14H20N2O3. The van der Waals surface area contributed by atoms with Gasteiger partial charge in [0.05, 0.1) is 12.0 Å². The topological polar surface area (TPSA) is 64.4 Å². The predicted molar refractivity (Wildman–Crippen MR) is 74.7 cm³/mol. The van der Waals surface area contributed by atoms with E-state index >= 15 is 0 Å². The standard InChI is InChI=1S/C14H20N2O3/c1-10-5-3-4-6-12(10)15-11-7-8-13(16(17)18)14(9-11)19-2/h7-10,12,15H,3-6H2,1-2H3. The highest BCUT2D eigenvalue weighted by molar-refractivity contribution is 5.58. The van der Waals surface area contributed by atoms with Gasteiger partial charge in [0.25, 0.3) is 0 Å². The highest BCUT2D eigenvalue weighted by Gasteiger charge is 2.22. The van der Waals surface area contributed by atoms with Crippen LogP contribution < -0.4 is 10.1 Å². The second-order valence-electron chi connectivity index (χ2n) is 5.16. The fourth-order valence-electron chi connectivity index (χ4n) is 2.66. The van der Waals surface area contributed by atoms with Crippen LogP contribution in [-0.4, -0.2) is 18.1 Å². The van der Waals surface area contributed by atoms with Crippen molar-refractivity contribution in [1.82, 2.24) is 0 Å². The Morgan fingerprint density at radius 2 is 2.11 bits per heavy atom. The maximum atomic E-state index is 10.8. The van der Waals surface area contributed by atoms with Crippen LogP contribution in [0.1, 0.15) is 32.6 Å². The summed E-state index contributed by atoms with van der Waals surface area (Å²) in [6.45, 7) is 2.25. The minimum Gasteiger partial charge on any atom is -0.490 e. The third-order valence-corrected chi connectivity index (χ3v) is 3.84. The summed E-state index contributed by atoms with van der Waals surface area (Å²) in [6.07, 6.45) is 4.93. The van der Waals surface area contributed by atoms with Gasteiger partial charge in [-0.05, 0) is 24.8 Å². The van der Waals surface area contributed by atoms with Crippen molar-refractivity contribution >= 4 is 11.4 Å². The lowest BCUT2D eigenvalue weighted by molar-refractivity contribution is -0.385. The van der Waals surface area contributed by atoms with E-state index in [0.29, 0.717) is 17.7 Å². The molecule has 0 saturated heterocycles. The lowest BCUT2D eigenvalue weighted by Gasteiger charge is -2.30. The van der Waals surface area contributed by atoms with Crippen LogP contribution in [0.5, 0.6) is 5.75 Å². The van der Waals surface area contributed by atoms with Gasteiger partial charge in [-0.2, -0.15) is 0 Å². The van der Waals surface area contributed by atoms with E-state index in [4.69, 9.17) is 4.74 Å². The van der Waals surface area contributed by atoms with E-state index in [1.165, 1.54) is 32.4 Å². The molecule has 0 heterocycles. The summed E-state index contributed by atoms with van der Waals surface area (Å²) in [5, 5.41) is 14.3. The van der Waals surface area contributed by atoms with Gasteiger partial charge in [0, 0.05) is 23.9 Å². The molecule has 1 aliphatic rings. The van der Waals surface area contributed by atoms with E-state index in [-0.39, 0.29) is 5.69 Å². The number of nitro benzene ring substituents is 1. The van der Waals surface area contributed by atoms with Gasteiger partial charge in [0.15, 0.2) is 5.75 Å². The van der Waals surface area contributed by atoms with Gasteiger partial charge >= 0.3 is 5.69 Å². The molecule has 1 saturated carbocycles. The number of methoxy groups -OCH3 is 1. The summed E-state index contributed by atoms with van der Waals surface area (Å²) in [5.41, 5.74) is 0.894. The largest absolute Gasteiger partial charge is 0.490 e. The Balaban J connectivity index is 2.14. The van der Waals surface area contributed by atoms with Crippen molar-refractivity contribution in [3.05, 3.63) is 28.3 Å². The average molecular weight is 264 g/mol. The molecule has 19 heavy (non-hydrogen) atoms. The molecule has 1 N–H and O–H groups in total. The second kappa shape index (κ2) is 5.91. The zero-order valence-electron chi connectivity index (χ0n) is 11.4. The zero-order chi connectivity index (χ0) is 13.8. The van der Waals surface area contributed by atoms with Crippen molar-refractivity contribution in [2.75, 3.05) is 12.4 Å². The molecule has 104 valence electrons. The summed E-state index contributed by atoms with van der Waals surface area (Å²) in [4.78, 5) is 10.4. The molecular weight excluding hydrogens is 244 g/mol. The SMILES string of the molecule is COc1cc(NC2CCCCC2C)ccc1[N+](=O)[O-]. The van der Waals surface area contributed by atoms with Crippen molar-refractivity contribution in [2.24, 2.45) is 5.92 Å². The van der Waals surface area contributed by atoms with Crippen molar-refractivity contribution in [1.29, 1.82) is 0 Å². The first-order chi connectivity index (χ1) is 9.11. The fraction of sp³-hybridized carbons (Fsp3) is 0.571. The molecule has 0 aromatic heterocycles. The van der Waals surface area contributed by atoms with Gasteiger partial charge < -0.3 is 10.1 Å². The van der Waals surface area contributed by atoms with E-state index in [0.717, 1.165) is 12.1 Å². The first-order valence-electron chi connectivity index (χ1n) is 6.71. The third kappa shape index (κ3) is 3.16. The summed E-state index contributed by atoms with van der Waals surface area (Å²) in [6, 6.07) is 5.40. The number of benzene rings is 1. The Kier molecular flexibility index (Phi) is 4.24. The summed E-state index contributed by atoms with van der Waals surface area (Å²) >= 11 is 0. The number of rotatable bonds is 4. The molecule has 0 spiro atoms. The van der Waals surface area contributed by atoms with Crippen LogP contribution in [0.4, 0.5) is 11.4 Å². The third-order valence-electron chi connectivity index (χ3n) is 3.84.